The Kier molecular flexibility index (Phi) is 4.71. The lowest BCUT2D eigenvalue weighted by Crippen LogP contribution is -2.31. The molecular weight excluding hydrogens is 266 g/mol. The van der Waals surface area contributed by atoms with Crippen LogP contribution in [0.25, 0.3) is 0 Å². The number of aromatic nitrogens is 2. The summed E-state index contributed by atoms with van der Waals surface area (Å²) in [5.41, 5.74) is 1.78. The maximum atomic E-state index is 11.9. The van der Waals surface area contributed by atoms with E-state index in [2.05, 4.69) is 20.6 Å². The zero-order valence-corrected chi connectivity index (χ0v) is 12.4. The first-order chi connectivity index (χ1) is 10.1. The van der Waals surface area contributed by atoms with Crippen molar-refractivity contribution >= 4 is 17.5 Å². The summed E-state index contributed by atoms with van der Waals surface area (Å²) in [6.07, 6.45) is 3.41. The van der Waals surface area contributed by atoms with Gasteiger partial charge in [-0.15, -0.1) is 0 Å². The Labute approximate surface area is 124 Å². The number of nitrogens with one attached hydrogen (secondary N) is 2. The van der Waals surface area contributed by atoms with Gasteiger partial charge in [0.15, 0.2) is 0 Å². The van der Waals surface area contributed by atoms with Crippen molar-refractivity contribution in [2.45, 2.75) is 13.0 Å². The number of hydrogen-bond donors (Lipinski definition) is 2. The summed E-state index contributed by atoms with van der Waals surface area (Å²) in [7, 11) is 3.87. The molecule has 1 atom stereocenters. The molecule has 0 fully saturated rings. The average molecular weight is 285 g/mol. The smallest absolute Gasteiger partial charge is 0.320 e. The van der Waals surface area contributed by atoms with E-state index >= 15 is 0 Å². The summed E-state index contributed by atoms with van der Waals surface area (Å²) in [6, 6.07) is 8.78. The number of carbonyl (C=O) groups excluding carboxylic acids is 1. The summed E-state index contributed by atoms with van der Waals surface area (Å²) in [6.45, 7) is 1.88. The van der Waals surface area contributed by atoms with Gasteiger partial charge in [0.05, 0.1) is 23.6 Å². The third kappa shape index (κ3) is 4.17. The highest BCUT2D eigenvalue weighted by Gasteiger charge is 2.10. The van der Waals surface area contributed by atoms with Gasteiger partial charge in [0.2, 0.25) is 0 Å². The van der Waals surface area contributed by atoms with E-state index in [-0.39, 0.29) is 12.1 Å². The predicted molar refractivity (Wildman–Crippen MR) is 83.4 cm³/mol. The molecular formula is C15H19N5O. The number of nitrogens with zero attached hydrogens (tertiary/aromatic N) is 3. The van der Waals surface area contributed by atoms with Crippen molar-refractivity contribution in [2.75, 3.05) is 24.3 Å². The lowest BCUT2D eigenvalue weighted by atomic mass is 10.2. The maximum Gasteiger partial charge on any atom is 0.320 e. The van der Waals surface area contributed by atoms with E-state index in [1.54, 1.807) is 18.5 Å². The van der Waals surface area contributed by atoms with Crippen LogP contribution in [0, 0.1) is 0 Å². The number of anilines is 2. The van der Waals surface area contributed by atoms with Gasteiger partial charge in [0.25, 0.3) is 0 Å². The molecule has 0 aliphatic rings. The van der Waals surface area contributed by atoms with Crippen LogP contribution in [0.15, 0.2) is 42.7 Å². The second-order valence-corrected chi connectivity index (χ2v) is 4.87. The zero-order valence-electron chi connectivity index (χ0n) is 12.4. The van der Waals surface area contributed by atoms with Gasteiger partial charge in [-0.1, -0.05) is 6.07 Å². The molecule has 0 radical (unpaired) electrons. The van der Waals surface area contributed by atoms with Crippen LogP contribution < -0.4 is 15.5 Å². The van der Waals surface area contributed by atoms with Gasteiger partial charge in [-0.2, -0.15) is 0 Å². The van der Waals surface area contributed by atoms with Crippen LogP contribution in [0.1, 0.15) is 18.7 Å². The first-order valence-corrected chi connectivity index (χ1v) is 6.68. The second kappa shape index (κ2) is 6.69. The van der Waals surface area contributed by atoms with Crippen molar-refractivity contribution in [3.8, 4) is 0 Å². The van der Waals surface area contributed by atoms with Gasteiger partial charge in [-0.05, 0) is 31.2 Å². The van der Waals surface area contributed by atoms with Crippen LogP contribution in [-0.4, -0.2) is 30.1 Å². The van der Waals surface area contributed by atoms with E-state index in [1.165, 1.54) is 0 Å². The topological polar surface area (TPSA) is 70.2 Å². The Morgan fingerprint density at radius 3 is 2.57 bits per heavy atom. The van der Waals surface area contributed by atoms with Crippen molar-refractivity contribution in [2.24, 2.45) is 0 Å². The molecule has 0 aromatic carbocycles. The molecule has 0 aliphatic carbocycles. The van der Waals surface area contributed by atoms with E-state index in [0.717, 1.165) is 11.4 Å². The SMILES string of the molecule is C[C@@H](NC(=O)Nc1ccc(N(C)C)cn1)c1ccccn1. The summed E-state index contributed by atoms with van der Waals surface area (Å²) in [4.78, 5) is 22.3. The largest absolute Gasteiger partial charge is 0.376 e. The van der Waals surface area contributed by atoms with Crippen LogP contribution in [0.4, 0.5) is 16.3 Å². The van der Waals surface area contributed by atoms with Gasteiger partial charge >= 0.3 is 6.03 Å². The summed E-state index contributed by atoms with van der Waals surface area (Å²) >= 11 is 0. The number of amides is 2. The molecule has 0 aliphatic heterocycles. The van der Waals surface area contributed by atoms with Crippen molar-refractivity contribution in [3.63, 3.8) is 0 Å². The van der Waals surface area contributed by atoms with E-state index in [4.69, 9.17) is 0 Å². The summed E-state index contributed by atoms with van der Waals surface area (Å²) in [5, 5.41) is 5.52. The lowest BCUT2D eigenvalue weighted by Gasteiger charge is -2.15. The molecule has 0 saturated heterocycles. The van der Waals surface area contributed by atoms with Gasteiger partial charge in [-0.3, -0.25) is 10.3 Å². The molecule has 2 aromatic rings. The van der Waals surface area contributed by atoms with E-state index in [9.17, 15) is 4.79 Å². The molecule has 110 valence electrons. The van der Waals surface area contributed by atoms with Crippen molar-refractivity contribution in [1.82, 2.24) is 15.3 Å². The minimum absolute atomic E-state index is 0.174. The molecule has 2 amide bonds. The third-order valence-corrected chi connectivity index (χ3v) is 2.98. The Morgan fingerprint density at radius 1 is 1.19 bits per heavy atom. The standard InChI is InChI=1S/C15H19N5O/c1-11(13-6-4-5-9-16-13)18-15(21)19-14-8-7-12(10-17-14)20(2)3/h4-11H,1-3H3,(H2,17,18,19,21)/t11-/m1/s1. The van der Waals surface area contributed by atoms with E-state index in [0.29, 0.717) is 5.82 Å². The van der Waals surface area contributed by atoms with Crippen molar-refractivity contribution < 1.29 is 4.79 Å². The minimum Gasteiger partial charge on any atom is -0.376 e. The molecule has 0 saturated carbocycles. The monoisotopic (exact) mass is 285 g/mol. The van der Waals surface area contributed by atoms with Gasteiger partial charge in [0, 0.05) is 20.3 Å². The third-order valence-electron chi connectivity index (χ3n) is 2.98. The molecule has 0 spiro atoms. The fourth-order valence-corrected chi connectivity index (χ4v) is 1.78. The van der Waals surface area contributed by atoms with Gasteiger partial charge in [0.1, 0.15) is 5.82 Å². The van der Waals surface area contributed by atoms with Crippen LogP contribution >= 0.6 is 0 Å². The fourth-order valence-electron chi connectivity index (χ4n) is 1.78. The molecule has 2 N–H and O–H groups in total. The predicted octanol–water partition coefficient (Wildman–Crippen LogP) is 2.43. The van der Waals surface area contributed by atoms with Crippen LogP contribution in [-0.2, 0) is 0 Å². The molecule has 2 rings (SSSR count). The summed E-state index contributed by atoms with van der Waals surface area (Å²) < 4.78 is 0. The molecule has 0 bridgehead atoms. The Balaban J connectivity index is 1.92. The Morgan fingerprint density at radius 2 is 2.00 bits per heavy atom. The molecule has 21 heavy (non-hydrogen) atoms. The van der Waals surface area contributed by atoms with Crippen LogP contribution in [0.2, 0.25) is 0 Å². The molecule has 0 unspecified atom stereocenters. The van der Waals surface area contributed by atoms with Crippen molar-refractivity contribution in [3.05, 3.63) is 48.4 Å². The maximum absolute atomic E-state index is 11.9. The van der Waals surface area contributed by atoms with Crippen LogP contribution in [0.5, 0.6) is 0 Å². The number of carbonyl (C=O) groups is 1. The lowest BCUT2D eigenvalue weighted by molar-refractivity contribution is 0.249. The Hall–Kier alpha value is -2.63. The quantitative estimate of drug-likeness (QED) is 0.905. The second-order valence-electron chi connectivity index (χ2n) is 4.87. The fraction of sp³-hybridized carbons (Fsp3) is 0.267. The molecule has 2 aromatic heterocycles. The number of rotatable bonds is 4. The average Bonchev–Trinajstić information content (AvgIpc) is 2.48. The van der Waals surface area contributed by atoms with E-state index < -0.39 is 0 Å². The molecule has 6 heteroatoms. The van der Waals surface area contributed by atoms with Gasteiger partial charge in [-0.25, -0.2) is 9.78 Å². The van der Waals surface area contributed by atoms with Crippen LogP contribution in [0.3, 0.4) is 0 Å². The minimum atomic E-state index is -0.307. The number of urea groups is 1. The highest BCUT2D eigenvalue weighted by Crippen LogP contribution is 2.12. The highest BCUT2D eigenvalue weighted by atomic mass is 16.2. The molecule has 2 heterocycles. The van der Waals surface area contributed by atoms with Crippen molar-refractivity contribution in [1.29, 1.82) is 0 Å². The normalized spacial score (nSPS) is 11.6. The molecule has 6 nitrogen and oxygen atoms in total. The highest BCUT2D eigenvalue weighted by molar-refractivity contribution is 5.88. The van der Waals surface area contributed by atoms with Gasteiger partial charge < -0.3 is 10.2 Å². The first-order valence-electron chi connectivity index (χ1n) is 6.68. The Bertz CT molecular complexity index is 583. The van der Waals surface area contributed by atoms with E-state index in [1.807, 2.05) is 50.2 Å². The number of hydrogen-bond acceptors (Lipinski definition) is 4. The zero-order chi connectivity index (χ0) is 15.2. The summed E-state index contributed by atoms with van der Waals surface area (Å²) in [5.74, 6) is 0.506. The first kappa shape index (κ1) is 14.8. The number of pyridine rings is 2.